The number of hydrogen-bond acceptors (Lipinski definition) is 8. The van der Waals surface area contributed by atoms with Gasteiger partial charge in [-0.1, -0.05) is 0 Å². The Kier molecular flexibility index (Phi) is 15.7. The van der Waals surface area contributed by atoms with Gasteiger partial charge in [-0.3, -0.25) is 4.79 Å². The highest BCUT2D eigenvalue weighted by Gasteiger charge is 2.19. The molecule has 0 aliphatic carbocycles. The Bertz CT molecular complexity index is 411. The highest BCUT2D eigenvalue weighted by Crippen LogP contribution is 2.08. The Morgan fingerprint density at radius 1 is 0.786 bits per heavy atom. The number of esters is 1. The van der Waals surface area contributed by atoms with Gasteiger partial charge in [0.15, 0.2) is 0 Å². The molecule has 0 aromatic rings. The predicted molar refractivity (Wildman–Crippen MR) is 103 cm³/mol. The van der Waals surface area contributed by atoms with Gasteiger partial charge in [0.1, 0.15) is 5.60 Å². The summed E-state index contributed by atoms with van der Waals surface area (Å²) in [4.78, 5) is 24.3. The normalized spacial score (nSPS) is 11.3. The summed E-state index contributed by atoms with van der Waals surface area (Å²) >= 11 is 0. The van der Waals surface area contributed by atoms with Crippen LogP contribution in [0.2, 0.25) is 0 Å². The number of rotatable bonds is 16. The third-order valence-corrected chi connectivity index (χ3v) is 3.15. The zero-order valence-electron chi connectivity index (χ0n) is 18.0. The molecule has 0 atom stereocenters. The fraction of sp³-hybridized carbons (Fsp3) is 0.895. The monoisotopic (exact) mass is 407 g/mol. The van der Waals surface area contributed by atoms with Gasteiger partial charge >= 0.3 is 12.1 Å². The molecule has 0 spiro atoms. The van der Waals surface area contributed by atoms with E-state index in [0.717, 1.165) is 0 Å². The van der Waals surface area contributed by atoms with Crippen molar-refractivity contribution in [3.8, 4) is 0 Å². The van der Waals surface area contributed by atoms with Gasteiger partial charge in [-0.15, -0.1) is 0 Å². The first-order chi connectivity index (χ1) is 13.3. The van der Waals surface area contributed by atoms with Crippen LogP contribution in [-0.2, 0) is 33.2 Å². The van der Waals surface area contributed by atoms with Crippen LogP contribution in [0.1, 0.15) is 34.1 Å². The summed E-state index contributed by atoms with van der Waals surface area (Å²) in [7, 11) is 1.67. The molecule has 9 nitrogen and oxygen atoms in total. The van der Waals surface area contributed by atoms with Gasteiger partial charge in [-0.2, -0.15) is 0 Å². The van der Waals surface area contributed by atoms with Crippen LogP contribution in [0.4, 0.5) is 4.79 Å². The molecular formula is C19H37NO8. The standard InChI is InChI=1S/C19H37NO8/c1-6-27-17(21)7-9-23-11-13-25-15-16-26-14-12-24-10-8-20(5)18(22)28-19(2,3)4/h6-16H2,1-5H3. The van der Waals surface area contributed by atoms with E-state index in [9.17, 15) is 9.59 Å². The Morgan fingerprint density at radius 3 is 1.71 bits per heavy atom. The third-order valence-electron chi connectivity index (χ3n) is 3.15. The summed E-state index contributed by atoms with van der Waals surface area (Å²) in [5.74, 6) is -0.254. The second kappa shape index (κ2) is 16.5. The number of hydrogen-bond donors (Lipinski definition) is 0. The number of nitrogens with zero attached hydrogens (tertiary/aromatic N) is 1. The van der Waals surface area contributed by atoms with Crippen LogP contribution in [0, 0.1) is 0 Å². The Labute approximate surface area is 168 Å². The minimum absolute atomic E-state index is 0.254. The van der Waals surface area contributed by atoms with Gasteiger partial charge in [0.2, 0.25) is 0 Å². The Hall–Kier alpha value is -1.42. The molecule has 0 N–H and O–H groups in total. The lowest BCUT2D eigenvalue weighted by atomic mass is 10.2. The van der Waals surface area contributed by atoms with Gasteiger partial charge < -0.3 is 33.3 Å². The maximum atomic E-state index is 11.7. The fourth-order valence-corrected chi connectivity index (χ4v) is 1.78. The number of carbonyl (C=O) groups excluding carboxylic acids is 2. The quantitative estimate of drug-likeness (QED) is 0.283. The van der Waals surface area contributed by atoms with Gasteiger partial charge in [-0.05, 0) is 27.7 Å². The Balaban J connectivity index is 3.32. The average molecular weight is 408 g/mol. The van der Waals surface area contributed by atoms with E-state index in [2.05, 4.69) is 0 Å². The molecule has 28 heavy (non-hydrogen) atoms. The minimum Gasteiger partial charge on any atom is -0.466 e. The van der Waals surface area contributed by atoms with Gasteiger partial charge in [0.05, 0.1) is 65.9 Å². The van der Waals surface area contributed by atoms with Crippen LogP contribution >= 0.6 is 0 Å². The molecule has 0 rings (SSSR count). The molecule has 0 saturated carbocycles. The lowest BCUT2D eigenvalue weighted by Gasteiger charge is -2.24. The second-order valence-electron chi connectivity index (χ2n) is 6.91. The van der Waals surface area contributed by atoms with Crippen molar-refractivity contribution in [3.63, 3.8) is 0 Å². The lowest BCUT2D eigenvalue weighted by Crippen LogP contribution is -2.36. The van der Waals surface area contributed by atoms with E-state index in [1.165, 1.54) is 4.90 Å². The molecular weight excluding hydrogens is 370 g/mol. The fourth-order valence-electron chi connectivity index (χ4n) is 1.78. The zero-order valence-corrected chi connectivity index (χ0v) is 18.0. The van der Waals surface area contributed by atoms with Crippen LogP contribution in [0.3, 0.4) is 0 Å². The van der Waals surface area contributed by atoms with Crippen LogP contribution in [0.25, 0.3) is 0 Å². The maximum Gasteiger partial charge on any atom is 0.410 e. The summed E-state index contributed by atoms with van der Waals surface area (Å²) in [6.07, 6.45) is -0.112. The van der Waals surface area contributed by atoms with E-state index in [4.69, 9.17) is 28.4 Å². The molecule has 9 heteroatoms. The van der Waals surface area contributed by atoms with E-state index in [0.29, 0.717) is 66.0 Å². The van der Waals surface area contributed by atoms with Crippen molar-refractivity contribution in [2.24, 2.45) is 0 Å². The zero-order chi connectivity index (χ0) is 21.3. The van der Waals surface area contributed by atoms with Crippen molar-refractivity contribution in [2.45, 2.75) is 39.7 Å². The van der Waals surface area contributed by atoms with Crippen molar-refractivity contribution < 1.29 is 38.0 Å². The van der Waals surface area contributed by atoms with Crippen molar-refractivity contribution in [1.29, 1.82) is 0 Å². The molecule has 0 radical (unpaired) electrons. The molecule has 1 amide bonds. The first-order valence-corrected chi connectivity index (χ1v) is 9.67. The molecule has 0 heterocycles. The molecule has 0 bridgehead atoms. The van der Waals surface area contributed by atoms with Crippen molar-refractivity contribution in [2.75, 3.05) is 73.1 Å². The van der Waals surface area contributed by atoms with Gasteiger partial charge in [0.25, 0.3) is 0 Å². The summed E-state index contributed by atoms with van der Waals surface area (Å²) in [5.41, 5.74) is -0.503. The van der Waals surface area contributed by atoms with Crippen LogP contribution < -0.4 is 0 Å². The van der Waals surface area contributed by atoms with Gasteiger partial charge in [0, 0.05) is 13.6 Å². The average Bonchev–Trinajstić information content (AvgIpc) is 2.60. The lowest BCUT2D eigenvalue weighted by molar-refractivity contribution is -0.144. The summed E-state index contributed by atoms with van der Waals surface area (Å²) in [6, 6.07) is 0. The topological polar surface area (TPSA) is 92.8 Å². The number of likely N-dealkylation sites (N-methyl/N-ethyl adjacent to an activating group) is 1. The van der Waals surface area contributed by atoms with E-state index >= 15 is 0 Å². The van der Waals surface area contributed by atoms with Crippen molar-refractivity contribution in [1.82, 2.24) is 4.90 Å². The Morgan fingerprint density at radius 2 is 1.25 bits per heavy atom. The summed E-state index contributed by atoms with van der Waals surface area (Å²) < 4.78 is 31.4. The summed E-state index contributed by atoms with van der Waals surface area (Å²) in [6.45, 7) is 11.5. The minimum atomic E-state index is -0.503. The summed E-state index contributed by atoms with van der Waals surface area (Å²) in [5, 5.41) is 0. The number of carbonyl (C=O) groups is 2. The van der Waals surface area contributed by atoms with Crippen LogP contribution in [-0.4, -0.2) is 95.6 Å². The molecule has 0 fully saturated rings. The predicted octanol–water partition coefficient (Wildman–Crippen LogP) is 1.87. The number of amides is 1. The van der Waals surface area contributed by atoms with E-state index in [1.54, 1.807) is 14.0 Å². The highest BCUT2D eigenvalue weighted by molar-refractivity contribution is 5.69. The number of ether oxygens (including phenoxy) is 6. The van der Waals surface area contributed by atoms with E-state index < -0.39 is 5.60 Å². The van der Waals surface area contributed by atoms with E-state index in [1.807, 2.05) is 20.8 Å². The largest absolute Gasteiger partial charge is 0.466 e. The third kappa shape index (κ3) is 18.0. The molecule has 0 aromatic heterocycles. The second-order valence-corrected chi connectivity index (χ2v) is 6.91. The first kappa shape index (κ1) is 26.6. The molecule has 166 valence electrons. The molecule has 0 unspecified atom stereocenters. The smallest absolute Gasteiger partial charge is 0.410 e. The molecule has 0 aromatic carbocycles. The van der Waals surface area contributed by atoms with Crippen molar-refractivity contribution in [3.05, 3.63) is 0 Å². The highest BCUT2D eigenvalue weighted by atomic mass is 16.6. The van der Waals surface area contributed by atoms with Crippen LogP contribution in [0.5, 0.6) is 0 Å². The maximum absolute atomic E-state index is 11.7. The molecule has 0 aliphatic heterocycles. The first-order valence-electron chi connectivity index (χ1n) is 9.67. The van der Waals surface area contributed by atoms with E-state index in [-0.39, 0.29) is 18.5 Å². The van der Waals surface area contributed by atoms with Crippen LogP contribution in [0.15, 0.2) is 0 Å². The van der Waals surface area contributed by atoms with Crippen molar-refractivity contribution >= 4 is 12.1 Å². The molecule has 0 aliphatic rings. The van der Waals surface area contributed by atoms with Gasteiger partial charge in [-0.25, -0.2) is 4.79 Å². The SMILES string of the molecule is CCOC(=O)CCOCCOCCOCCOCCN(C)C(=O)OC(C)(C)C. The molecule has 0 saturated heterocycles.